The summed E-state index contributed by atoms with van der Waals surface area (Å²) in [5.74, 6) is 0.572. The normalized spacial score (nSPS) is 24.7. The molecule has 0 spiro atoms. The van der Waals surface area contributed by atoms with Gasteiger partial charge in [-0.25, -0.2) is 4.79 Å². The van der Waals surface area contributed by atoms with Crippen molar-refractivity contribution < 1.29 is 9.53 Å². The fourth-order valence-electron chi connectivity index (χ4n) is 1.44. The maximum atomic E-state index is 11.3. The third-order valence-electron chi connectivity index (χ3n) is 2.63. The molecule has 3 heteroatoms. The predicted octanol–water partition coefficient (Wildman–Crippen LogP) is 2.26. The molecule has 0 aromatic carbocycles. The molecule has 13 heavy (non-hydrogen) atoms. The molecule has 0 radical (unpaired) electrons. The van der Waals surface area contributed by atoms with Crippen LogP contribution in [0.2, 0.25) is 0 Å². The Morgan fingerprint density at radius 3 is 2.77 bits per heavy atom. The number of amides is 1. The number of hydrogen-bond acceptors (Lipinski definition) is 2. The molecule has 3 nitrogen and oxygen atoms in total. The van der Waals surface area contributed by atoms with Gasteiger partial charge in [-0.05, 0) is 12.3 Å². The van der Waals surface area contributed by atoms with E-state index in [4.69, 9.17) is 4.74 Å². The summed E-state index contributed by atoms with van der Waals surface area (Å²) in [5.41, 5.74) is 0. The van der Waals surface area contributed by atoms with Crippen LogP contribution in [-0.4, -0.2) is 30.2 Å². The lowest BCUT2D eigenvalue weighted by atomic mass is 10.1. The summed E-state index contributed by atoms with van der Waals surface area (Å²) in [6.07, 6.45) is 2.02. The van der Waals surface area contributed by atoms with E-state index in [1.807, 2.05) is 11.8 Å². The van der Waals surface area contributed by atoms with Crippen molar-refractivity contribution in [2.24, 2.45) is 5.92 Å². The molecule has 1 heterocycles. The van der Waals surface area contributed by atoms with Gasteiger partial charge < -0.3 is 9.64 Å². The van der Waals surface area contributed by atoms with Gasteiger partial charge in [0.25, 0.3) is 0 Å². The average Bonchev–Trinajstić information content (AvgIpc) is 2.47. The van der Waals surface area contributed by atoms with Gasteiger partial charge in [-0.3, -0.25) is 0 Å². The maximum absolute atomic E-state index is 11.3. The molecule has 0 N–H and O–H groups in total. The summed E-state index contributed by atoms with van der Waals surface area (Å²) in [6.45, 7) is 7.96. The molecule has 76 valence electrons. The molecule has 2 atom stereocenters. The van der Waals surface area contributed by atoms with Crippen LogP contribution in [0.25, 0.3) is 0 Å². The van der Waals surface area contributed by atoms with Gasteiger partial charge in [-0.1, -0.05) is 27.2 Å². The summed E-state index contributed by atoms with van der Waals surface area (Å²) in [4.78, 5) is 13.1. The Morgan fingerprint density at radius 2 is 2.31 bits per heavy atom. The Morgan fingerprint density at radius 1 is 1.62 bits per heavy atom. The van der Waals surface area contributed by atoms with Gasteiger partial charge in [0.15, 0.2) is 0 Å². The minimum absolute atomic E-state index is 0.122. The molecular weight excluding hydrogens is 166 g/mol. The third kappa shape index (κ3) is 2.61. The lowest BCUT2D eigenvalue weighted by molar-refractivity contribution is 0.129. The summed E-state index contributed by atoms with van der Waals surface area (Å²) in [7, 11) is 0. The number of nitrogens with zero attached hydrogens (tertiary/aromatic N) is 1. The van der Waals surface area contributed by atoms with Gasteiger partial charge in [0.2, 0.25) is 0 Å². The Bertz CT molecular complexity index is 182. The van der Waals surface area contributed by atoms with E-state index >= 15 is 0 Å². The van der Waals surface area contributed by atoms with Crippen molar-refractivity contribution in [1.82, 2.24) is 4.90 Å². The van der Waals surface area contributed by atoms with Gasteiger partial charge in [0, 0.05) is 6.54 Å². The number of carbonyl (C=O) groups is 1. The third-order valence-corrected chi connectivity index (χ3v) is 2.63. The van der Waals surface area contributed by atoms with E-state index in [0.29, 0.717) is 5.92 Å². The molecule has 0 aromatic heterocycles. The lowest BCUT2D eigenvalue weighted by Gasteiger charge is -2.16. The zero-order chi connectivity index (χ0) is 9.84. The molecule has 0 aromatic rings. The van der Waals surface area contributed by atoms with Crippen molar-refractivity contribution in [3.8, 4) is 0 Å². The Hall–Kier alpha value is -0.730. The molecule has 1 amide bonds. The Labute approximate surface area is 80.1 Å². The average molecular weight is 185 g/mol. The highest BCUT2D eigenvalue weighted by Gasteiger charge is 2.30. The van der Waals surface area contributed by atoms with Crippen LogP contribution in [0.5, 0.6) is 0 Å². The largest absolute Gasteiger partial charge is 0.444 e. The zero-order valence-corrected chi connectivity index (χ0v) is 8.75. The lowest BCUT2D eigenvalue weighted by Crippen LogP contribution is -2.29. The standard InChI is InChI=1S/C10H19NO2/c1-4-8(3)6-11-7-9(5-2)13-10(11)12/h8-9H,4-7H2,1-3H3. The van der Waals surface area contributed by atoms with E-state index in [9.17, 15) is 4.79 Å². The van der Waals surface area contributed by atoms with Crippen molar-refractivity contribution >= 4 is 6.09 Å². The van der Waals surface area contributed by atoms with E-state index in [-0.39, 0.29) is 12.2 Å². The van der Waals surface area contributed by atoms with Crippen LogP contribution in [0.15, 0.2) is 0 Å². The van der Waals surface area contributed by atoms with Crippen LogP contribution in [0.4, 0.5) is 4.79 Å². The summed E-state index contributed by atoms with van der Waals surface area (Å²) < 4.78 is 5.16. The molecule has 2 unspecified atom stereocenters. The number of ether oxygens (including phenoxy) is 1. The van der Waals surface area contributed by atoms with Gasteiger partial charge in [-0.15, -0.1) is 0 Å². The number of rotatable bonds is 4. The number of hydrogen-bond donors (Lipinski definition) is 0. The molecule has 1 saturated heterocycles. The first-order valence-corrected chi connectivity index (χ1v) is 5.12. The fraction of sp³-hybridized carbons (Fsp3) is 0.900. The van der Waals surface area contributed by atoms with Crippen LogP contribution in [0, 0.1) is 5.92 Å². The highest BCUT2D eigenvalue weighted by Crippen LogP contribution is 2.16. The van der Waals surface area contributed by atoms with E-state index in [0.717, 1.165) is 25.9 Å². The van der Waals surface area contributed by atoms with Crippen LogP contribution in [-0.2, 0) is 4.74 Å². The first-order valence-electron chi connectivity index (χ1n) is 5.12. The molecule has 1 fully saturated rings. The molecule has 1 aliphatic rings. The highest BCUT2D eigenvalue weighted by atomic mass is 16.6. The smallest absolute Gasteiger partial charge is 0.410 e. The predicted molar refractivity (Wildman–Crippen MR) is 51.6 cm³/mol. The number of carbonyl (C=O) groups excluding carboxylic acids is 1. The topological polar surface area (TPSA) is 29.5 Å². The maximum Gasteiger partial charge on any atom is 0.410 e. The summed E-state index contributed by atoms with van der Waals surface area (Å²) in [6, 6.07) is 0. The molecule has 0 saturated carbocycles. The zero-order valence-electron chi connectivity index (χ0n) is 8.75. The van der Waals surface area contributed by atoms with Crippen molar-refractivity contribution in [1.29, 1.82) is 0 Å². The van der Waals surface area contributed by atoms with Gasteiger partial charge >= 0.3 is 6.09 Å². The second-order valence-corrected chi connectivity index (χ2v) is 3.83. The van der Waals surface area contributed by atoms with Gasteiger partial charge in [-0.2, -0.15) is 0 Å². The second-order valence-electron chi connectivity index (χ2n) is 3.83. The minimum atomic E-state index is -0.132. The molecule has 0 bridgehead atoms. The van der Waals surface area contributed by atoms with E-state index in [2.05, 4.69) is 13.8 Å². The highest BCUT2D eigenvalue weighted by molar-refractivity contribution is 5.69. The quantitative estimate of drug-likeness (QED) is 0.672. The monoisotopic (exact) mass is 185 g/mol. The van der Waals surface area contributed by atoms with Gasteiger partial charge in [0.05, 0.1) is 6.54 Å². The van der Waals surface area contributed by atoms with Crippen LogP contribution in [0.3, 0.4) is 0 Å². The minimum Gasteiger partial charge on any atom is -0.444 e. The molecule has 1 aliphatic heterocycles. The fourth-order valence-corrected chi connectivity index (χ4v) is 1.44. The first kappa shape index (κ1) is 10.4. The van der Waals surface area contributed by atoms with Crippen molar-refractivity contribution in [3.63, 3.8) is 0 Å². The van der Waals surface area contributed by atoms with E-state index in [1.165, 1.54) is 0 Å². The molecule has 0 aliphatic carbocycles. The second kappa shape index (κ2) is 4.49. The summed E-state index contributed by atoms with van der Waals surface area (Å²) in [5, 5.41) is 0. The molecule has 1 rings (SSSR count). The van der Waals surface area contributed by atoms with Crippen molar-refractivity contribution in [2.75, 3.05) is 13.1 Å². The van der Waals surface area contributed by atoms with Gasteiger partial charge in [0.1, 0.15) is 6.10 Å². The number of cyclic esters (lactones) is 1. The Kier molecular flexibility index (Phi) is 3.58. The van der Waals surface area contributed by atoms with Crippen molar-refractivity contribution in [3.05, 3.63) is 0 Å². The van der Waals surface area contributed by atoms with E-state index in [1.54, 1.807) is 0 Å². The van der Waals surface area contributed by atoms with Crippen LogP contribution < -0.4 is 0 Å². The van der Waals surface area contributed by atoms with Crippen molar-refractivity contribution in [2.45, 2.75) is 39.7 Å². The van der Waals surface area contributed by atoms with Crippen LogP contribution in [0.1, 0.15) is 33.6 Å². The van der Waals surface area contributed by atoms with Crippen LogP contribution >= 0.6 is 0 Å². The molecular formula is C10H19NO2. The summed E-state index contributed by atoms with van der Waals surface area (Å²) >= 11 is 0. The van der Waals surface area contributed by atoms with E-state index < -0.39 is 0 Å². The first-order chi connectivity index (χ1) is 6.17. The Balaban J connectivity index is 2.39. The SMILES string of the molecule is CCC(C)CN1CC(CC)OC1=O.